The summed E-state index contributed by atoms with van der Waals surface area (Å²) in [7, 11) is 0. The van der Waals surface area contributed by atoms with Crippen LogP contribution < -0.4 is 14.8 Å². The van der Waals surface area contributed by atoms with Crippen LogP contribution in [0, 0.1) is 17.2 Å². The van der Waals surface area contributed by atoms with Gasteiger partial charge in [-0.3, -0.25) is 5.32 Å². The van der Waals surface area contributed by atoms with Crippen LogP contribution >= 0.6 is 11.6 Å². The van der Waals surface area contributed by atoms with E-state index in [1.807, 2.05) is 6.07 Å². The van der Waals surface area contributed by atoms with E-state index >= 15 is 0 Å². The molecule has 0 radical (unpaired) electrons. The second kappa shape index (κ2) is 5.90. The summed E-state index contributed by atoms with van der Waals surface area (Å²) in [6.45, 7) is 2.09. The summed E-state index contributed by atoms with van der Waals surface area (Å²) in [5.41, 5.74) is 0.836. The highest BCUT2D eigenvalue weighted by atomic mass is 35.5. The maximum absolute atomic E-state index is 9.34. The van der Waals surface area contributed by atoms with Crippen molar-refractivity contribution in [3.05, 3.63) is 22.7 Å². The largest absolute Gasteiger partial charge is 0.489 e. The van der Waals surface area contributed by atoms with E-state index in [9.17, 15) is 5.26 Å². The zero-order valence-corrected chi connectivity index (χ0v) is 11.9. The lowest BCUT2D eigenvalue weighted by atomic mass is 10.1. The topological polar surface area (TPSA) is 54.3 Å². The summed E-state index contributed by atoms with van der Waals surface area (Å²) in [5.74, 6) is 1.95. The van der Waals surface area contributed by atoms with Gasteiger partial charge in [0.2, 0.25) is 0 Å². The molecule has 5 heteroatoms. The Morgan fingerprint density at radius 2 is 2.15 bits per heavy atom. The summed E-state index contributed by atoms with van der Waals surface area (Å²) in [4.78, 5) is 0. The summed E-state index contributed by atoms with van der Waals surface area (Å²) in [5, 5.41) is 13.1. The zero-order valence-electron chi connectivity index (χ0n) is 11.2. The minimum Gasteiger partial charge on any atom is -0.489 e. The highest BCUT2D eigenvalue weighted by molar-refractivity contribution is 6.32. The monoisotopic (exact) mass is 292 g/mol. The van der Waals surface area contributed by atoms with Gasteiger partial charge in [-0.05, 0) is 43.0 Å². The first kappa shape index (κ1) is 13.5. The molecule has 2 aliphatic rings. The number of nitrogens with one attached hydrogen (secondary N) is 1. The molecule has 1 aliphatic carbocycles. The van der Waals surface area contributed by atoms with Crippen molar-refractivity contribution in [1.29, 1.82) is 5.26 Å². The molecule has 1 aliphatic heterocycles. The normalized spacial score (nSPS) is 19.0. The fraction of sp³-hybridized carbons (Fsp3) is 0.533. The molecule has 0 aromatic heterocycles. The van der Waals surface area contributed by atoms with E-state index in [-0.39, 0.29) is 6.04 Å². The summed E-state index contributed by atoms with van der Waals surface area (Å²) in [6, 6.07) is 5.58. The smallest absolute Gasteiger partial charge is 0.179 e. The fourth-order valence-corrected chi connectivity index (χ4v) is 2.54. The van der Waals surface area contributed by atoms with E-state index in [0.29, 0.717) is 29.7 Å². The lowest BCUT2D eigenvalue weighted by molar-refractivity contribution is 0.297. The Hall–Kier alpha value is -1.44. The zero-order chi connectivity index (χ0) is 13.9. The Morgan fingerprint density at radius 1 is 1.35 bits per heavy atom. The Kier molecular flexibility index (Phi) is 4.00. The number of benzene rings is 1. The Bertz CT molecular complexity index is 537. The van der Waals surface area contributed by atoms with Crippen molar-refractivity contribution in [1.82, 2.24) is 5.32 Å². The fourth-order valence-electron chi connectivity index (χ4n) is 2.26. The van der Waals surface area contributed by atoms with Gasteiger partial charge in [0.1, 0.15) is 6.04 Å². The highest BCUT2D eigenvalue weighted by Crippen LogP contribution is 2.39. The molecule has 1 heterocycles. The van der Waals surface area contributed by atoms with Crippen molar-refractivity contribution in [2.45, 2.75) is 25.3 Å². The van der Waals surface area contributed by atoms with E-state index in [0.717, 1.165) is 24.4 Å². The third kappa shape index (κ3) is 3.00. The summed E-state index contributed by atoms with van der Waals surface area (Å²) >= 11 is 6.25. The van der Waals surface area contributed by atoms with Crippen LogP contribution in [0.3, 0.4) is 0 Å². The Balaban J connectivity index is 1.82. The number of hydrogen-bond acceptors (Lipinski definition) is 4. The van der Waals surface area contributed by atoms with Crippen molar-refractivity contribution < 1.29 is 9.47 Å². The van der Waals surface area contributed by atoms with Gasteiger partial charge in [0.25, 0.3) is 0 Å². The van der Waals surface area contributed by atoms with Crippen LogP contribution in [0.4, 0.5) is 0 Å². The highest BCUT2D eigenvalue weighted by Gasteiger charge is 2.24. The van der Waals surface area contributed by atoms with Crippen molar-refractivity contribution in [3.63, 3.8) is 0 Å². The lowest BCUT2D eigenvalue weighted by Gasteiger charge is -2.15. The molecule has 0 saturated heterocycles. The molecule has 0 spiro atoms. The van der Waals surface area contributed by atoms with E-state index in [1.165, 1.54) is 12.8 Å². The molecule has 0 amide bonds. The van der Waals surface area contributed by atoms with Crippen LogP contribution in [-0.2, 0) is 0 Å². The predicted molar refractivity (Wildman–Crippen MR) is 76.1 cm³/mol. The van der Waals surface area contributed by atoms with E-state index in [2.05, 4.69) is 11.4 Å². The van der Waals surface area contributed by atoms with E-state index in [4.69, 9.17) is 21.1 Å². The van der Waals surface area contributed by atoms with Gasteiger partial charge < -0.3 is 9.47 Å². The minimum atomic E-state index is -0.356. The minimum absolute atomic E-state index is 0.356. The average Bonchev–Trinajstić information content (AvgIpc) is 3.25. The molecular weight excluding hydrogens is 276 g/mol. The maximum atomic E-state index is 9.34. The molecule has 1 aromatic rings. The van der Waals surface area contributed by atoms with E-state index < -0.39 is 0 Å². The summed E-state index contributed by atoms with van der Waals surface area (Å²) in [6.07, 6.45) is 3.35. The van der Waals surface area contributed by atoms with E-state index in [1.54, 1.807) is 6.07 Å². The van der Waals surface area contributed by atoms with Crippen molar-refractivity contribution in [2.24, 2.45) is 5.92 Å². The molecule has 4 nitrogen and oxygen atoms in total. The maximum Gasteiger partial charge on any atom is 0.179 e. The molecule has 1 fully saturated rings. The van der Waals surface area contributed by atoms with Crippen LogP contribution in [0.15, 0.2) is 12.1 Å². The van der Waals surface area contributed by atoms with Gasteiger partial charge in [-0.15, -0.1) is 0 Å². The molecule has 0 bridgehead atoms. The van der Waals surface area contributed by atoms with Crippen LogP contribution in [0.5, 0.6) is 11.5 Å². The number of nitriles is 1. The number of ether oxygens (including phenoxy) is 2. The van der Waals surface area contributed by atoms with Crippen LogP contribution in [0.2, 0.25) is 5.02 Å². The van der Waals surface area contributed by atoms with Crippen molar-refractivity contribution >= 4 is 11.6 Å². The van der Waals surface area contributed by atoms with Crippen LogP contribution in [-0.4, -0.2) is 19.8 Å². The number of fused-ring (bicyclic) bond motifs is 1. The molecule has 20 heavy (non-hydrogen) atoms. The third-order valence-electron chi connectivity index (χ3n) is 3.59. The predicted octanol–water partition coefficient (Wildman–Crippen LogP) is 3.07. The molecule has 1 saturated carbocycles. The van der Waals surface area contributed by atoms with Crippen LogP contribution in [0.1, 0.15) is 30.9 Å². The number of hydrogen-bond donors (Lipinski definition) is 1. The lowest BCUT2D eigenvalue weighted by Crippen LogP contribution is -2.22. The standard InChI is InChI=1S/C15H17ClN2O2/c16-12-6-11(13(8-17)18-9-10-2-3-10)7-14-15(12)20-5-1-4-19-14/h6-7,10,13,18H,1-5,9H2. The third-order valence-corrected chi connectivity index (χ3v) is 3.88. The SMILES string of the molecule is N#CC(NCC1CC1)c1cc(Cl)c2c(c1)OCCCO2. The molecule has 1 unspecified atom stereocenters. The first-order chi connectivity index (χ1) is 9.78. The Labute approximate surface area is 123 Å². The molecule has 1 atom stereocenters. The van der Waals surface area contributed by atoms with Crippen molar-refractivity contribution in [2.75, 3.05) is 19.8 Å². The van der Waals surface area contributed by atoms with Gasteiger partial charge in [-0.25, -0.2) is 0 Å². The summed E-state index contributed by atoms with van der Waals surface area (Å²) < 4.78 is 11.3. The van der Waals surface area contributed by atoms with Gasteiger partial charge in [-0.2, -0.15) is 5.26 Å². The molecule has 1 N–H and O–H groups in total. The van der Waals surface area contributed by atoms with Crippen LogP contribution in [0.25, 0.3) is 0 Å². The molecule has 106 valence electrons. The van der Waals surface area contributed by atoms with Gasteiger partial charge in [0, 0.05) is 6.42 Å². The number of nitrogens with zero attached hydrogens (tertiary/aromatic N) is 1. The molecule has 3 rings (SSSR count). The molecule has 1 aromatic carbocycles. The van der Waals surface area contributed by atoms with Gasteiger partial charge in [0.15, 0.2) is 11.5 Å². The number of halogens is 1. The number of rotatable bonds is 4. The quantitative estimate of drug-likeness (QED) is 0.926. The molecular formula is C15H17ClN2O2. The first-order valence-corrected chi connectivity index (χ1v) is 7.38. The van der Waals surface area contributed by atoms with Gasteiger partial charge in [0.05, 0.1) is 24.3 Å². The van der Waals surface area contributed by atoms with Gasteiger partial charge >= 0.3 is 0 Å². The van der Waals surface area contributed by atoms with Crippen molar-refractivity contribution in [3.8, 4) is 17.6 Å². The second-order valence-corrected chi connectivity index (χ2v) is 5.70. The first-order valence-electron chi connectivity index (χ1n) is 7.00. The average molecular weight is 293 g/mol. The van der Waals surface area contributed by atoms with Gasteiger partial charge in [-0.1, -0.05) is 11.6 Å². The second-order valence-electron chi connectivity index (χ2n) is 5.29. The Morgan fingerprint density at radius 3 is 2.90 bits per heavy atom.